The van der Waals surface area contributed by atoms with E-state index in [-0.39, 0.29) is 11.4 Å². The van der Waals surface area contributed by atoms with Gasteiger partial charge in [0.25, 0.3) is 0 Å². The van der Waals surface area contributed by atoms with Gasteiger partial charge in [0.15, 0.2) is 0 Å². The molecule has 32 heavy (non-hydrogen) atoms. The molecule has 0 aliphatic carbocycles. The van der Waals surface area contributed by atoms with Crippen molar-refractivity contribution in [2.75, 3.05) is 13.2 Å². The van der Waals surface area contributed by atoms with Crippen LogP contribution in [0.25, 0.3) is 6.08 Å². The molecule has 0 heterocycles. The molecule has 0 saturated carbocycles. The largest absolute Gasteiger partial charge is 0.409 e. The Morgan fingerprint density at radius 3 is 1.75 bits per heavy atom. The highest BCUT2D eigenvalue weighted by molar-refractivity contribution is 8.55. The zero-order chi connectivity index (χ0) is 24.5. The van der Waals surface area contributed by atoms with E-state index in [4.69, 9.17) is 13.5 Å². The summed E-state index contributed by atoms with van der Waals surface area (Å²) in [5, 5.41) is 0.00982. The minimum absolute atomic E-state index is 0.00982. The Morgan fingerprint density at radius 2 is 1.34 bits per heavy atom. The molecule has 0 aliphatic heterocycles. The van der Waals surface area contributed by atoms with Crippen molar-refractivity contribution >= 4 is 32.6 Å². The van der Waals surface area contributed by atoms with Crippen LogP contribution in [-0.2, 0) is 18.0 Å². The van der Waals surface area contributed by atoms with Crippen LogP contribution in [0.3, 0.4) is 0 Å². The highest BCUT2D eigenvalue weighted by atomic mass is 32.7. The van der Waals surface area contributed by atoms with Crippen LogP contribution in [0.1, 0.15) is 86.5 Å². The first-order valence-electron chi connectivity index (χ1n) is 11.9. The third-order valence-corrected chi connectivity index (χ3v) is 16.4. The lowest BCUT2D eigenvalue weighted by molar-refractivity contribution is 0.194. The Kier molecular flexibility index (Phi) is 12.5. The van der Waals surface area contributed by atoms with E-state index in [2.05, 4.69) is 78.8 Å². The van der Waals surface area contributed by atoms with Gasteiger partial charge in [-0.15, -0.1) is 0 Å². The molecule has 2 unspecified atom stereocenters. The lowest BCUT2D eigenvalue weighted by Gasteiger charge is -2.44. The van der Waals surface area contributed by atoms with E-state index >= 15 is 0 Å². The van der Waals surface area contributed by atoms with Crippen molar-refractivity contribution in [1.29, 1.82) is 0 Å². The Labute approximate surface area is 202 Å². The molecule has 0 fully saturated rings. The number of hydrogen-bond acceptors (Lipinski definition) is 5. The first kappa shape index (κ1) is 29.7. The van der Waals surface area contributed by atoms with Gasteiger partial charge in [-0.3, -0.25) is 0 Å². The van der Waals surface area contributed by atoms with Gasteiger partial charge in [0.2, 0.25) is 8.32 Å². The van der Waals surface area contributed by atoms with Crippen molar-refractivity contribution in [1.82, 2.24) is 0 Å². The quantitative estimate of drug-likeness (QED) is 0.188. The molecule has 2 atom stereocenters. The van der Waals surface area contributed by atoms with Gasteiger partial charge in [-0.25, -0.2) is 4.57 Å². The van der Waals surface area contributed by atoms with E-state index in [0.717, 1.165) is 5.56 Å². The van der Waals surface area contributed by atoms with Crippen LogP contribution in [0, 0.1) is 0 Å². The number of hydrogen-bond donors (Lipinski definition) is 0. The zero-order valence-electron chi connectivity index (χ0n) is 21.8. The molecule has 1 rings (SSSR count). The van der Waals surface area contributed by atoms with Gasteiger partial charge in [0, 0.05) is 5.25 Å². The molecule has 0 amide bonds. The van der Waals surface area contributed by atoms with Crippen LogP contribution < -0.4 is 0 Å². The first-order chi connectivity index (χ1) is 14.9. The van der Waals surface area contributed by atoms with Gasteiger partial charge in [-0.1, -0.05) is 78.0 Å². The second-order valence-corrected chi connectivity index (χ2v) is 18.9. The predicted molar refractivity (Wildman–Crippen MR) is 144 cm³/mol. The third-order valence-electron chi connectivity index (χ3n) is 5.92. The smallest absolute Gasteiger partial charge is 0.389 e. The maximum absolute atomic E-state index is 12.7. The van der Waals surface area contributed by atoms with Crippen molar-refractivity contribution in [3.8, 4) is 0 Å². The fourth-order valence-electron chi connectivity index (χ4n) is 4.56. The van der Waals surface area contributed by atoms with E-state index in [1.807, 2.05) is 26.8 Å². The second kappa shape index (κ2) is 13.5. The molecule has 7 heteroatoms. The van der Waals surface area contributed by atoms with Gasteiger partial charge >= 0.3 is 6.80 Å². The van der Waals surface area contributed by atoms with Gasteiger partial charge < -0.3 is 13.5 Å². The zero-order valence-corrected chi connectivity index (χ0v) is 24.5. The third kappa shape index (κ3) is 8.14. The molecule has 0 aromatic heterocycles. The maximum Gasteiger partial charge on any atom is 0.389 e. The predicted octanol–water partition coefficient (Wildman–Crippen LogP) is 9.26. The summed E-state index contributed by atoms with van der Waals surface area (Å²) in [5.74, 6) is 0. The Balaban J connectivity index is 2.89. The van der Waals surface area contributed by atoms with Gasteiger partial charge in [0.1, 0.15) is 0 Å². The Hall–Kier alpha value is -0.363. The summed E-state index contributed by atoms with van der Waals surface area (Å²) < 4.78 is 30.3. The normalized spacial score (nSPS) is 15.3. The highest BCUT2D eigenvalue weighted by Gasteiger charge is 2.46. The molecule has 0 bridgehead atoms. The van der Waals surface area contributed by atoms with Crippen molar-refractivity contribution in [2.24, 2.45) is 0 Å². The molecule has 0 spiro atoms. The number of benzene rings is 1. The fourth-order valence-corrected chi connectivity index (χ4v) is 13.9. The van der Waals surface area contributed by atoms with E-state index in [0.29, 0.717) is 29.8 Å². The standard InChI is InChI=1S/C25H45O4PSSi/c1-11-27-30(26,28-12-2)31-22(9)13-14-24-15-17-25(18-16-24)23(10)29-32(19(3)4,20(5)6)21(7)8/h13-23H,11-12H2,1-10H3/b14-13+. The average molecular weight is 501 g/mol. The first-order valence-corrected chi connectivity index (χ1v) is 17.1. The fraction of sp³-hybridized carbons (Fsp3) is 0.680. The van der Waals surface area contributed by atoms with E-state index < -0.39 is 15.1 Å². The van der Waals surface area contributed by atoms with E-state index in [1.54, 1.807) is 0 Å². The summed E-state index contributed by atoms with van der Waals surface area (Å²) in [5.41, 5.74) is 4.01. The summed E-state index contributed by atoms with van der Waals surface area (Å²) in [4.78, 5) is 0. The summed E-state index contributed by atoms with van der Waals surface area (Å²) in [6.45, 7) is 19.4. The number of rotatable bonds is 14. The topological polar surface area (TPSA) is 44.8 Å². The van der Waals surface area contributed by atoms with Crippen LogP contribution in [0.2, 0.25) is 16.6 Å². The van der Waals surface area contributed by atoms with Gasteiger partial charge in [0.05, 0.1) is 19.3 Å². The SMILES string of the molecule is CCOP(=O)(OCC)SC(C)/C=C/c1ccc(C(C)O[Si](C(C)C)(C(C)C)C(C)C)cc1. The monoisotopic (exact) mass is 500 g/mol. The van der Waals surface area contributed by atoms with Gasteiger partial charge in [-0.2, -0.15) is 0 Å². The highest BCUT2D eigenvalue weighted by Crippen LogP contribution is 2.62. The van der Waals surface area contributed by atoms with E-state index in [9.17, 15) is 4.57 Å². The second-order valence-electron chi connectivity index (χ2n) is 9.20. The van der Waals surface area contributed by atoms with Crippen LogP contribution in [-0.4, -0.2) is 26.8 Å². The molecule has 0 aliphatic rings. The molecule has 184 valence electrons. The molecule has 1 aromatic rings. The van der Waals surface area contributed by atoms with Gasteiger partial charge in [-0.05, 0) is 66.8 Å². The van der Waals surface area contributed by atoms with Crippen molar-refractivity contribution in [3.63, 3.8) is 0 Å². The van der Waals surface area contributed by atoms with Crippen molar-refractivity contribution < 1.29 is 18.0 Å². The summed E-state index contributed by atoms with van der Waals surface area (Å²) in [6, 6.07) is 8.56. The van der Waals surface area contributed by atoms with Crippen LogP contribution in [0.15, 0.2) is 30.3 Å². The lowest BCUT2D eigenvalue weighted by atomic mass is 10.1. The Bertz CT molecular complexity index is 717. The molecular formula is C25H45O4PSSi. The summed E-state index contributed by atoms with van der Waals surface area (Å²) >= 11 is 1.25. The molecule has 0 saturated heterocycles. The average Bonchev–Trinajstić information content (AvgIpc) is 2.70. The molecular weight excluding hydrogens is 455 g/mol. The molecule has 1 aromatic carbocycles. The van der Waals surface area contributed by atoms with Crippen LogP contribution >= 0.6 is 18.2 Å². The summed E-state index contributed by atoms with van der Waals surface area (Å²) in [6.07, 6.45) is 4.17. The van der Waals surface area contributed by atoms with Crippen LogP contribution in [0.4, 0.5) is 0 Å². The minimum Gasteiger partial charge on any atom is -0.409 e. The van der Waals surface area contributed by atoms with Crippen molar-refractivity contribution in [3.05, 3.63) is 41.5 Å². The minimum atomic E-state index is -3.11. The maximum atomic E-state index is 12.7. The van der Waals surface area contributed by atoms with Crippen LogP contribution in [0.5, 0.6) is 0 Å². The lowest BCUT2D eigenvalue weighted by Crippen LogP contribution is -2.48. The molecule has 0 radical (unpaired) electrons. The van der Waals surface area contributed by atoms with E-state index in [1.165, 1.54) is 16.9 Å². The molecule has 4 nitrogen and oxygen atoms in total. The Morgan fingerprint density at radius 1 is 0.875 bits per heavy atom. The van der Waals surface area contributed by atoms with Crippen molar-refractivity contribution in [2.45, 2.75) is 97.2 Å². The molecule has 0 N–H and O–H groups in total. The summed E-state index contributed by atoms with van der Waals surface area (Å²) in [7, 11) is -1.92.